The van der Waals surface area contributed by atoms with E-state index in [-0.39, 0.29) is 6.10 Å². The lowest BCUT2D eigenvalue weighted by Gasteiger charge is -2.25. The number of aryl methyl sites for hydroxylation is 1. The van der Waals surface area contributed by atoms with Crippen LogP contribution in [0.3, 0.4) is 0 Å². The molecule has 2 saturated carbocycles. The molecule has 19 heavy (non-hydrogen) atoms. The second-order valence-electron chi connectivity index (χ2n) is 6.51. The Balaban J connectivity index is 1.57. The first-order valence-electron chi connectivity index (χ1n) is 7.41. The maximum absolute atomic E-state index is 9.70. The summed E-state index contributed by atoms with van der Waals surface area (Å²) in [6.07, 6.45) is 6.48. The van der Waals surface area contributed by atoms with Crippen molar-refractivity contribution in [3.8, 4) is 0 Å². The van der Waals surface area contributed by atoms with Gasteiger partial charge in [0.2, 0.25) is 0 Å². The largest absolute Gasteiger partial charge is 0.393 e. The molecule has 3 rings (SSSR count). The van der Waals surface area contributed by atoms with E-state index in [0.717, 1.165) is 36.9 Å². The van der Waals surface area contributed by atoms with E-state index < -0.39 is 0 Å². The molecule has 3 heteroatoms. The van der Waals surface area contributed by atoms with Crippen LogP contribution in [-0.4, -0.2) is 34.2 Å². The zero-order chi connectivity index (χ0) is 13.4. The zero-order valence-electron chi connectivity index (χ0n) is 11.9. The van der Waals surface area contributed by atoms with Gasteiger partial charge in [0.25, 0.3) is 0 Å². The van der Waals surface area contributed by atoms with Gasteiger partial charge in [-0.25, -0.2) is 0 Å². The van der Waals surface area contributed by atoms with Crippen LogP contribution in [-0.2, 0) is 6.54 Å². The molecule has 0 radical (unpaired) electrons. The topological polar surface area (TPSA) is 36.4 Å². The summed E-state index contributed by atoms with van der Waals surface area (Å²) in [5.41, 5.74) is 2.38. The summed E-state index contributed by atoms with van der Waals surface area (Å²) in [7, 11) is 2.21. The molecule has 1 aromatic rings. The normalized spacial score (nSPS) is 33.9. The van der Waals surface area contributed by atoms with Crippen LogP contribution in [0.4, 0.5) is 0 Å². The smallest absolute Gasteiger partial charge is 0.0545 e. The van der Waals surface area contributed by atoms with Crippen LogP contribution in [0.5, 0.6) is 0 Å². The molecule has 0 amide bonds. The van der Waals surface area contributed by atoms with Crippen molar-refractivity contribution in [3.05, 3.63) is 29.6 Å². The molecule has 104 valence electrons. The minimum Gasteiger partial charge on any atom is -0.393 e. The fraction of sp³-hybridized carbons (Fsp3) is 0.688. The third kappa shape index (κ3) is 2.82. The number of hydrogen-bond donors (Lipinski definition) is 1. The van der Waals surface area contributed by atoms with Gasteiger partial charge in [0.1, 0.15) is 0 Å². The fourth-order valence-corrected chi connectivity index (χ4v) is 3.89. The molecule has 2 aliphatic rings. The molecular weight excluding hydrogens is 236 g/mol. The van der Waals surface area contributed by atoms with Gasteiger partial charge < -0.3 is 5.11 Å². The number of aromatic nitrogens is 1. The molecule has 0 bridgehead atoms. The van der Waals surface area contributed by atoms with Crippen LogP contribution in [0.2, 0.25) is 0 Å². The van der Waals surface area contributed by atoms with Crippen molar-refractivity contribution in [2.45, 2.75) is 51.3 Å². The maximum Gasteiger partial charge on any atom is 0.0545 e. The van der Waals surface area contributed by atoms with Crippen molar-refractivity contribution >= 4 is 0 Å². The SMILES string of the molecule is Cc1ccc(CN(C)C2C[C@H]3CC(O)C[C@H]3C2)nc1. The molecule has 0 spiro atoms. The molecule has 0 saturated heterocycles. The van der Waals surface area contributed by atoms with Crippen molar-refractivity contribution in [2.75, 3.05) is 7.05 Å². The number of pyridine rings is 1. The van der Waals surface area contributed by atoms with Crippen LogP contribution in [0.25, 0.3) is 0 Å². The average Bonchev–Trinajstić information content (AvgIpc) is 2.89. The van der Waals surface area contributed by atoms with Crippen LogP contribution in [0, 0.1) is 18.8 Å². The van der Waals surface area contributed by atoms with Crippen molar-refractivity contribution in [1.82, 2.24) is 9.88 Å². The molecular formula is C16H24N2O. The van der Waals surface area contributed by atoms with Gasteiger partial charge in [0.15, 0.2) is 0 Å². The number of rotatable bonds is 3. The lowest BCUT2D eigenvalue weighted by molar-refractivity contribution is 0.158. The average molecular weight is 260 g/mol. The predicted octanol–water partition coefficient (Wildman–Crippen LogP) is 2.37. The van der Waals surface area contributed by atoms with Crippen LogP contribution in [0.15, 0.2) is 18.3 Å². The molecule has 2 fully saturated rings. The van der Waals surface area contributed by atoms with E-state index in [9.17, 15) is 5.11 Å². The predicted molar refractivity (Wildman–Crippen MR) is 75.7 cm³/mol. The third-order valence-electron chi connectivity index (χ3n) is 4.97. The van der Waals surface area contributed by atoms with Gasteiger partial charge in [-0.3, -0.25) is 9.88 Å². The lowest BCUT2D eigenvalue weighted by Crippen LogP contribution is -2.30. The van der Waals surface area contributed by atoms with Gasteiger partial charge in [-0.1, -0.05) is 6.07 Å². The number of fused-ring (bicyclic) bond motifs is 1. The quantitative estimate of drug-likeness (QED) is 0.906. The molecule has 3 nitrogen and oxygen atoms in total. The molecule has 2 aliphatic carbocycles. The van der Waals surface area contributed by atoms with Crippen molar-refractivity contribution in [3.63, 3.8) is 0 Å². The zero-order valence-corrected chi connectivity index (χ0v) is 11.9. The summed E-state index contributed by atoms with van der Waals surface area (Å²) in [5.74, 6) is 1.52. The van der Waals surface area contributed by atoms with E-state index in [2.05, 4.69) is 36.0 Å². The number of hydrogen-bond acceptors (Lipinski definition) is 3. The third-order valence-corrected chi connectivity index (χ3v) is 4.97. The summed E-state index contributed by atoms with van der Waals surface area (Å²) < 4.78 is 0. The van der Waals surface area contributed by atoms with Gasteiger partial charge in [-0.05, 0) is 63.1 Å². The summed E-state index contributed by atoms with van der Waals surface area (Å²) >= 11 is 0. The molecule has 2 unspecified atom stereocenters. The highest BCUT2D eigenvalue weighted by Gasteiger charge is 2.42. The van der Waals surface area contributed by atoms with Gasteiger partial charge in [-0.15, -0.1) is 0 Å². The number of nitrogens with zero attached hydrogens (tertiary/aromatic N) is 2. The molecule has 1 heterocycles. The maximum atomic E-state index is 9.70. The first kappa shape index (κ1) is 13.1. The highest BCUT2D eigenvalue weighted by Crippen LogP contribution is 2.45. The summed E-state index contributed by atoms with van der Waals surface area (Å²) in [5, 5.41) is 9.70. The van der Waals surface area contributed by atoms with Crippen molar-refractivity contribution < 1.29 is 5.11 Å². The highest BCUT2D eigenvalue weighted by molar-refractivity contribution is 5.12. The Morgan fingerprint density at radius 1 is 1.21 bits per heavy atom. The molecule has 1 N–H and O–H groups in total. The number of aliphatic hydroxyl groups excluding tert-OH is 1. The van der Waals surface area contributed by atoms with Gasteiger partial charge >= 0.3 is 0 Å². The Labute approximate surface area is 115 Å². The highest BCUT2D eigenvalue weighted by atomic mass is 16.3. The summed E-state index contributed by atoms with van der Waals surface area (Å²) in [4.78, 5) is 6.94. The van der Waals surface area contributed by atoms with Crippen LogP contribution in [0.1, 0.15) is 36.9 Å². The van der Waals surface area contributed by atoms with E-state index in [1.54, 1.807) is 0 Å². The van der Waals surface area contributed by atoms with Crippen molar-refractivity contribution in [2.24, 2.45) is 11.8 Å². The molecule has 1 aromatic heterocycles. The van der Waals surface area contributed by atoms with E-state index in [4.69, 9.17) is 0 Å². The number of aliphatic hydroxyl groups is 1. The van der Waals surface area contributed by atoms with Gasteiger partial charge in [0.05, 0.1) is 11.8 Å². The Kier molecular flexibility index (Phi) is 3.59. The van der Waals surface area contributed by atoms with E-state index in [1.165, 1.54) is 18.4 Å². The minimum atomic E-state index is -0.0278. The first-order chi connectivity index (χ1) is 9.11. The lowest BCUT2D eigenvalue weighted by atomic mass is 10.0. The second kappa shape index (κ2) is 5.22. The monoisotopic (exact) mass is 260 g/mol. The molecule has 0 aliphatic heterocycles. The second-order valence-corrected chi connectivity index (χ2v) is 6.51. The van der Waals surface area contributed by atoms with E-state index >= 15 is 0 Å². The Hall–Kier alpha value is -0.930. The van der Waals surface area contributed by atoms with Crippen molar-refractivity contribution in [1.29, 1.82) is 0 Å². The standard InChI is InChI=1S/C16H24N2O/c1-11-3-4-14(17-9-11)10-18(2)15-5-12-7-16(19)8-13(12)6-15/h3-4,9,12-13,15-16,19H,5-8,10H2,1-2H3/t12-,13+,15?,16?. The van der Waals surface area contributed by atoms with E-state index in [1.807, 2.05) is 6.20 Å². The minimum absolute atomic E-state index is 0.0278. The Bertz CT molecular complexity index is 417. The fourth-order valence-electron chi connectivity index (χ4n) is 3.89. The Morgan fingerprint density at radius 3 is 2.47 bits per heavy atom. The van der Waals surface area contributed by atoms with E-state index in [0.29, 0.717) is 6.04 Å². The first-order valence-corrected chi connectivity index (χ1v) is 7.41. The van der Waals surface area contributed by atoms with Crippen LogP contribution >= 0.6 is 0 Å². The summed E-state index contributed by atoms with van der Waals surface area (Å²) in [6.45, 7) is 3.01. The summed E-state index contributed by atoms with van der Waals surface area (Å²) in [6, 6.07) is 4.94. The van der Waals surface area contributed by atoms with Crippen LogP contribution < -0.4 is 0 Å². The molecule has 4 atom stereocenters. The molecule has 0 aromatic carbocycles. The van der Waals surface area contributed by atoms with Gasteiger partial charge in [-0.2, -0.15) is 0 Å². The van der Waals surface area contributed by atoms with Gasteiger partial charge in [0, 0.05) is 18.8 Å². The Morgan fingerprint density at radius 2 is 1.89 bits per heavy atom.